The van der Waals surface area contributed by atoms with Crippen molar-refractivity contribution in [1.29, 1.82) is 0 Å². The van der Waals surface area contributed by atoms with Crippen molar-refractivity contribution in [2.24, 2.45) is 5.73 Å². The fourth-order valence-electron chi connectivity index (χ4n) is 6.38. The number of nitrogens with zero attached hydrogens (tertiary/aromatic N) is 3. The van der Waals surface area contributed by atoms with Crippen LogP contribution in [0.15, 0.2) is 72.8 Å². The average molecular weight is 599 g/mol. The van der Waals surface area contributed by atoms with E-state index in [0.717, 1.165) is 33.4 Å². The number of rotatable bonds is 13. The highest BCUT2D eigenvalue weighted by molar-refractivity contribution is 5.93. The van der Waals surface area contributed by atoms with E-state index in [9.17, 15) is 19.2 Å². The van der Waals surface area contributed by atoms with Crippen LogP contribution in [0.2, 0.25) is 0 Å². The van der Waals surface area contributed by atoms with Crippen molar-refractivity contribution in [3.8, 4) is 0 Å². The van der Waals surface area contributed by atoms with Crippen LogP contribution in [0.1, 0.15) is 59.1 Å². The zero-order valence-electron chi connectivity index (χ0n) is 25.6. The maximum atomic E-state index is 14.1. The molecule has 0 aliphatic carbocycles. The largest absolute Gasteiger partial charge is 0.345 e. The summed E-state index contributed by atoms with van der Waals surface area (Å²) in [7, 11) is 3.74. The summed E-state index contributed by atoms with van der Waals surface area (Å²) in [6.07, 6.45) is 0.168. The molecule has 4 N–H and O–H groups in total. The van der Waals surface area contributed by atoms with Crippen molar-refractivity contribution in [2.45, 2.75) is 65.0 Å². The van der Waals surface area contributed by atoms with Gasteiger partial charge in [-0.3, -0.25) is 0 Å². The molecule has 3 aromatic rings. The van der Waals surface area contributed by atoms with E-state index in [2.05, 4.69) is 10.6 Å². The molecule has 230 valence electrons. The van der Waals surface area contributed by atoms with Gasteiger partial charge in [0.15, 0.2) is 0 Å². The first-order valence-corrected chi connectivity index (χ1v) is 15.2. The van der Waals surface area contributed by atoms with Gasteiger partial charge in [0.2, 0.25) is 0 Å². The summed E-state index contributed by atoms with van der Waals surface area (Å²) in [5.41, 5.74) is 11.2. The average Bonchev–Trinajstić information content (AvgIpc) is 3.48. The van der Waals surface area contributed by atoms with Gasteiger partial charge in [-0.05, 0) is 36.3 Å². The fourth-order valence-corrected chi connectivity index (χ4v) is 6.38. The Labute approximate surface area is 258 Å². The summed E-state index contributed by atoms with van der Waals surface area (Å²) in [5.74, 6) is -1.27. The van der Waals surface area contributed by atoms with Crippen LogP contribution in [0.5, 0.6) is 0 Å². The van der Waals surface area contributed by atoms with Gasteiger partial charge in [0, 0.05) is 35.9 Å². The van der Waals surface area contributed by atoms with E-state index in [1.807, 2.05) is 86.9 Å². The molecule has 3 aromatic carbocycles. The Morgan fingerprint density at radius 1 is 0.545 bits per heavy atom. The van der Waals surface area contributed by atoms with Gasteiger partial charge in [0.05, 0.1) is 25.7 Å². The fraction of sp³-hybridized carbons (Fsp3) is 0.353. The van der Waals surface area contributed by atoms with Crippen LogP contribution in [0, 0.1) is 0 Å². The van der Waals surface area contributed by atoms with Crippen molar-refractivity contribution in [1.82, 2.24) is 15.8 Å². The molecule has 4 amide bonds. The first-order valence-electron chi connectivity index (χ1n) is 15.2. The summed E-state index contributed by atoms with van der Waals surface area (Å²) >= 11 is 0. The van der Waals surface area contributed by atoms with Crippen LogP contribution in [-0.4, -0.2) is 52.0 Å². The molecule has 10 heteroatoms. The van der Waals surface area contributed by atoms with Crippen molar-refractivity contribution in [3.05, 3.63) is 106 Å². The van der Waals surface area contributed by atoms with Gasteiger partial charge in [0.25, 0.3) is 0 Å². The highest BCUT2D eigenvalue weighted by atomic mass is 16.3. The molecule has 0 radical (unpaired) electrons. The van der Waals surface area contributed by atoms with E-state index in [-0.39, 0.29) is 68.9 Å². The molecule has 10 nitrogen and oxygen atoms in total. The van der Waals surface area contributed by atoms with Gasteiger partial charge in [-0.25, -0.2) is 19.2 Å². The van der Waals surface area contributed by atoms with E-state index in [4.69, 9.17) is 5.73 Å². The Morgan fingerprint density at radius 2 is 0.864 bits per heavy atom. The van der Waals surface area contributed by atoms with Crippen molar-refractivity contribution in [3.63, 3.8) is 0 Å². The van der Waals surface area contributed by atoms with Gasteiger partial charge < -0.3 is 16.4 Å². The predicted octanol–water partition coefficient (Wildman–Crippen LogP) is 2.94. The highest BCUT2D eigenvalue weighted by Gasteiger charge is 2.68. The monoisotopic (exact) mass is 598 g/mol. The number of nitrogens with two attached hydrogens (primary N) is 1. The molecule has 2 saturated heterocycles. The quantitative estimate of drug-likeness (QED) is 0.203. The molecule has 44 heavy (non-hydrogen) atoms. The number of carbonyl (C=O) groups is 4. The summed E-state index contributed by atoms with van der Waals surface area (Å²) < 4.78 is -1.45. The van der Waals surface area contributed by atoms with Crippen LogP contribution >= 0.6 is 0 Å². The van der Waals surface area contributed by atoms with E-state index >= 15 is 0 Å². The normalized spacial score (nSPS) is 17.6. The number of hydrogen-bond acceptors (Lipinski definition) is 8. The molecule has 2 aliphatic heterocycles. The Balaban J connectivity index is 1.67. The lowest BCUT2D eigenvalue weighted by Gasteiger charge is -2.45. The molecule has 0 saturated carbocycles. The summed E-state index contributed by atoms with van der Waals surface area (Å²) in [5, 5.41) is 7.85. The lowest BCUT2D eigenvalue weighted by atomic mass is 10.1. The summed E-state index contributed by atoms with van der Waals surface area (Å²) in [6, 6.07) is 23.1. The van der Waals surface area contributed by atoms with Gasteiger partial charge >= 0.3 is 23.6 Å². The topological polar surface area (TPSA) is 122 Å². The third kappa shape index (κ3) is 5.92. The predicted molar refractivity (Wildman–Crippen MR) is 165 cm³/mol. The van der Waals surface area contributed by atoms with Crippen LogP contribution in [0.25, 0.3) is 0 Å². The van der Waals surface area contributed by atoms with Crippen molar-refractivity contribution < 1.29 is 28.4 Å². The first kappa shape index (κ1) is 31.5. The SMILES string of the molecule is CNCc1ccc(C[N+]2(N(Cc3ccc(CN)cc3)[N+]3(Cc4ccc(CNC)cc4)C(=O)CCC3=O)C(=O)CCC2=O)cc1. The van der Waals surface area contributed by atoms with Gasteiger partial charge in [-0.1, -0.05) is 82.0 Å². The first-order chi connectivity index (χ1) is 21.3. The Bertz CT molecular complexity index is 1400. The standard InChI is InChI=1S/C34H42N6O4/c1-36-20-26-5-11-29(12-6-26)23-39(31(41)15-16-32(39)42)38(22-28-9-3-25(19-35)4-10-28)40(33(43)17-18-34(40)44)24-30-13-7-27(8-14-30)21-37-2/h3-14,36-37H,15-24,35H2,1-2H3/q+2. The van der Waals surface area contributed by atoms with Crippen LogP contribution < -0.4 is 16.4 Å². The molecular formula is C34H42N6O4+2. The molecule has 5 rings (SSSR count). The zero-order valence-corrected chi connectivity index (χ0v) is 25.6. The maximum Gasteiger partial charge on any atom is 0.345 e. The lowest BCUT2D eigenvalue weighted by molar-refractivity contribution is -1.14. The Morgan fingerprint density at radius 3 is 1.20 bits per heavy atom. The number of imide groups is 2. The maximum absolute atomic E-state index is 14.1. The van der Waals surface area contributed by atoms with Gasteiger partial charge in [-0.15, -0.1) is 0 Å². The second kappa shape index (κ2) is 13.4. The molecule has 0 unspecified atom stereocenters. The van der Waals surface area contributed by atoms with Gasteiger partial charge in [0.1, 0.15) is 19.6 Å². The number of benzene rings is 3. The van der Waals surface area contributed by atoms with Crippen LogP contribution in [0.3, 0.4) is 0 Å². The number of amides is 4. The number of likely N-dealkylation sites (tertiary alicyclic amines) is 2. The molecule has 2 fully saturated rings. The molecule has 0 aromatic heterocycles. The Kier molecular flexibility index (Phi) is 9.59. The third-order valence-electron chi connectivity index (χ3n) is 8.76. The molecular weight excluding hydrogens is 556 g/mol. The second-order valence-electron chi connectivity index (χ2n) is 11.7. The van der Waals surface area contributed by atoms with E-state index in [0.29, 0.717) is 19.6 Å². The highest BCUT2D eigenvalue weighted by Crippen LogP contribution is 2.40. The van der Waals surface area contributed by atoms with Crippen molar-refractivity contribution >= 4 is 23.6 Å². The number of hydrogen-bond donors (Lipinski definition) is 3. The molecule has 2 heterocycles. The minimum Gasteiger partial charge on any atom is -0.326 e. The van der Waals surface area contributed by atoms with Crippen LogP contribution in [-0.2, 0) is 58.4 Å². The smallest absolute Gasteiger partial charge is 0.326 e. The van der Waals surface area contributed by atoms with E-state index in [1.54, 1.807) is 5.12 Å². The number of quaternary nitrogens is 2. The molecule has 0 spiro atoms. The van der Waals surface area contributed by atoms with E-state index in [1.165, 1.54) is 0 Å². The minimum absolute atomic E-state index is 0.0139. The Hall–Kier alpha value is -3.90. The summed E-state index contributed by atoms with van der Waals surface area (Å²) in [4.78, 5) is 56.5. The molecule has 0 bridgehead atoms. The van der Waals surface area contributed by atoms with E-state index < -0.39 is 9.18 Å². The van der Waals surface area contributed by atoms with Crippen molar-refractivity contribution in [2.75, 3.05) is 14.1 Å². The number of nitrogens with one attached hydrogen (secondary N) is 2. The lowest BCUT2D eigenvalue weighted by Crippen LogP contribution is -2.76. The molecule has 0 atom stereocenters. The minimum atomic E-state index is -0.723. The molecule has 2 aliphatic rings. The zero-order chi connectivity index (χ0) is 31.3. The number of carbonyl (C=O) groups excluding carboxylic acids is 4. The van der Waals surface area contributed by atoms with Crippen LogP contribution in [0.4, 0.5) is 0 Å². The second-order valence-corrected chi connectivity index (χ2v) is 11.7. The van der Waals surface area contributed by atoms with Gasteiger partial charge in [-0.2, -0.15) is 0 Å². The third-order valence-corrected chi connectivity index (χ3v) is 8.76. The summed E-state index contributed by atoms with van der Waals surface area (Å²) in [6.45, 7) is 1.79.